The number of sulfonamides is 1. The third-order valence-electron chi connectivity index (χ3n) is 6.55. The maximum atomic E-state index is 13.5. The zero-order chi connectivity index (χ0) is 30.5. The molecule has 0 spiro atoms. The van der Waals surface area contributed by atoms with Crippen LogP contribution in [-0.4, -0.2) is 65.9 Å². The average Bonchev–Trinajstić information content (AvgIpc) is 3.27. The van der Waals surface area contributed by atoms with Crippen molar-refractivity contribution in [3.05, 3.63) is 83.9 Å². The lowest BCUT2D eigenvalue weighted by molar-refractivity contribution is -0.110. The minimum Gasteiger partial charge on any atom is -0.354 e. The van der Waals surface area contributed by atoms with Crippen molar-refractivity contribution in [1.29, 1.82) is 0 Å². The number of carbonyl (C=O) groups excluding carboxylic acids is 1. The third kappa shape index (κ3) is 7.11. The van der Waals surface area contributed by atoms with Gasteiger partial charge in [-0.2, -0.15) is 0 Å². The fraction of sp³-hybridized carbons (Fsp3) is 0.300. The maximum absolute atomic E-state index is 13.5. The second kappa shape index (κ2) is 13.2. The summed E-state index contributed by atoms with van der Waals surface area (Å²) in [7, 11) is -3.31. The highest BCUT2D eigenvalue weighted by atomic mass is 32.2. The zero-order valence-corrected chi connectivity index (χ0v) is 26.2. The molecule has 3 aromatic carbocycles. The number of anilines is 3. The lowest BCUT2D eigenvalue weighted by atomic mass is 10.00. The predicted molar refractivity (Wildman–Crippen MR) is 170 cm³/mol. The first kappa shape index (κ1) is 31.5. The highest BCUT2D eigenvalue weighted by Gasteiger charge is 2.33. The van der Waals surface area contributed by atoms with Gasteiger partial charge in [0.1, 0.15) is 0 Å². The van der Waals surface area contributed by atoms with Crippen LogP contribution in [0.3, 0.4) is 0 Å². The topological polar surface area (TPSA) is 117 Å². The number of fused-ring (bicyclic) bond motifs is 1. The molecular formula is C30H37N4O6PS. The van der Waals surface area contributed by atoms with Gasteiger partial charge in [-0.3, -0.25) is 13.7 Å². The van der Waals surface area contributed by atoms with E-state index in [-0.39, 0.29) is 19.1 Å². The SMILES string of the molecule is CCOP(=O)(OCC)c1ccc2c(c1)C(=C(Nc1ccc(N(CCN(C)C)S(C)(=O)=O)cc1)c1ccccc1)C(=O)N2. The van der Waals surface area contributed by atoms with Crippen molar-refractivity contribution >= 4 is 57.2 Å². The molecule has 0 fully saturated rings. The van der Waals surface area contributed by atoms with Crippen molar-refractivity contribution < 1.29 is 26.8 Å². The van der Waals surface area contributed by atoms with Crippen LogP contribution in [-0.2, 0) is 28.4 Å². The molecule has 10 nitrogen and oxygen atoms in total. The summed E-state index contributed by atoms with van der Waals surface area (Å²) in [6.07, 6.45) is 1.19. The van der Waals surface area contributed by atoms with Gasteiger partial charge in [0.25, 0.3) is 5.91 Å². The van der Waals surface area contributed by atoms with E-state index >= 15 is 0 Å². The molecule has 1 aliphatic rings. The first-order valence-electron chi connectivity index (χ1n) is 13.6. The molecule has 0 aromatic heterocycles. The van der Waals surface area contributed by atoms with Crippen LogP contribution in [0.2, 0.25) is 0 Å². The highest BCUT2D eigenvalue weighted by Crippen LogP contribution is 2.48. The molecule has 0 saturated heterocycles. The fourth-order valence-corrected chi connectivity index (χ4v) is 7.13. The largest absolute Gasteiger partial charge is 0.361 e. The summed E-state index contributed by atoms with van der Waals surface area (Å²) >= 11 is 0. The Morgan fingerprint density at radius 1 is 0.929 bits per heavy atom. The first-order chi connectivity index (χ1) is 20.0. The van der Waals surface area contributed by atoms with Crippen LogP contribution in [0.1, 0.15) is 25.0 Å². The summed E-state index contributed by atoms with van der Waals surface area (Å²) < 4.78 is 51.0. The Bertz CT molecular complexity index is 1600. The van der Waals surface area contributed by atoms with E-state index in [9.17, 15) is 17.8 Å². The quantitative estimate of drug-likeness (QED) is 0.208. The van der Waals surface area contributed by atoms with E-state index in [4.69, 9.17) is 9.05 Å². The van der Waals surface area contributed by atoms with Gasteiger partial charge in [-0.05, 0) is 76.0 Å². The Morgan fingerprint density at radius 2 is 1.57 bits per heavy atom. The summed E-state index contributed by atoms with van der Waals surface area (Å²) in [4.78, 5) is 15.3. The van der Waals surface area contributed by atoms with E-state index < -0.39 is 17.6 Å². The molecule has 1 aliphatic heterocycles. The van der Waals surface area contributed by atoms with Crippen molar-refractivity contribution in [3.8, 4) is 0 Å². The Labute approximate surface area is 247 Å². The van der Waals surface area contributed by atoms with Crippen molar-refractivity contribution in [2.75, 3.05) is 61.6 Å². The lowest BCUT2D eigenvalue weighted by Gasteiger charge is -2.24. The fourth-order valence-electron chi connectivity index (χ4n) is 4.62. The van der Waals surface area contributed by atoms with Crippen LogP contribution in [0, 0.1) is 0 Å². The standard InChI is InChI=1S/C30H37N4O6PS/c1-6-39-41(36,40-7-2)25-17-18-27-26(21-25)28(30(35)32-27)29(22-11-9-8-10-12-22)31-23-13-15-24(16-14-23)34(42(5,37)38)20-19-33(3)4/h8-18,21,31H,6-7,19-20H2,1-5H3,(H,32,35). The van der Waals surface area contributed by atoms with E-state index in [1.807, 2.05) is 49.3 Å². The summed E-state index contributed by atoms with van der Waals surface area (Å²) in [6, 6.07) is 21.4. The molecule has 42 heavy (non-hydrogen) atoms. The van der Waals surface area contributed by atoms with Gasteiger partial charge >= 0.3 is 7.60 Å². The molecule has 0 saturated carbocycles. The Balaban J connectivity index is 1.79. The van der Waals surface area contributed by atoms with E-state index in [2.05, 4.69) is 10.6 Å². The third-order valence-corrected chi connectivity index (χ3v) is 9.85. The zero-order valence-electron chi connectivity index (χ0n) is 24.5. The number of nitrogens with one attached hydrogen (secondary N) is 2. The van der Waals surface area contributed by atoms with E-state index in [0.717, 1.165) is 5.56 Å². The molecule has 1 amide bonds. The second-order valence-corrected chi connectivity index (χ2v) is 13.9. The molecule has 0 radical (unpaired) electrons. The number of hydrogen-bond donors (Lipinski definition) is 2. The molecule has 0 atom stereocenters. The molecule has 3 aromatic rings. The normalized spacial score (nSPS) is 14.5. The molecule has 4 rings (SSSR count). The number of carbonyl (C=O) groups is 1. The molecule has 224 valence electrons. The molecular weight excluding hydrogens is 575 g/mol. The minimum absolute atomic E-state index is 0.201. The van der Waals surface area contributed by atoms with Crippen LogP contribution in [0.25, 0.3) is 11.3 Å². The van der Waals surface area contributed by atoms with Crippen molar-refractivity contribution in [1.82, 2.24) is 4.90 Å². The number of nitrogens with zero attached hydrogens (tertiary/aromatic N) is 2. The summed E-state index contributed by atoms with van der Waals surface area (Å²) in [5.41, 5.74) is 3.98. The Morgan fingerprint density at radius 3 is 2.14 bits per heavy atom. The van der Waals surface area contributed by atoms with Crippen LogP contribution in [0.4, 0.5) is 17.1 Å². The van der Waals surface area contributed by atoms with Crippen molar-refractivity contribution in [2.45, 2.75) is 13.8 Å². The van der Waals surface area contributed by atoms with Gasteiger partial charge in [-0.25, -0.2) is 8.42 Å². The van der Waals surface area contributed by atoms with Gasteiger partial charge in [0.05, 0.1) is 41.7 Å². The number of hydrogen-bond acceptors (Lipinski definition) is 8. The van der Waals surface area contributed by atoms with Crippen LogP contribution in [0.15, 0.2) is 72.8 Å². The molecule has 2 N–H and O–H groups in total. The van der Waals surface area contributed by atoms with Gasteiger partial charge in [0, 0.05) is 30.0 Å². The lowest BCUT2D eigenvalue weighted by Crippen LogP contribution is -2.35. The van der Waals surface area contributed by atoms with Gasteiger partial charge < -0.3 is 24.6 Å². The molecule has 12 heteroatoms. The average molecular weight is 613 g/mol. The van der Waals surface area contributed by atoms with Crippen molar-refractivity contribution in [3.63, 3.8) is 0 Å². The van der Waals surface area contributed by atoms with Crippen LogP contribution < -0.4 is 20.2 Å². The summed E-state index contributed by atoms with van der Waals surface area (Å²) in [5.74, 6) is -0.320. The van der Waals surface area contributed by atoms with Gasteiger partial charge in [0.2, 0.25) is 10.0 Å². The number of amides is 1. The smallest absolute Gasteiger partial charge is 0.354 e. The van der Waals surface area contributed by atoms with Gasteiger partial charge in [0.15, 0.2) is 0 Å². The van der Waals surface area contributed by atoms with Crippen molar-refractivity contribution in [2.24, 2.45) is 0 Å². The van der Waals surface area contributed by atoms with Gasteiger partial charge in [-0.1, -0.05) is 30.3 Å². The molecule has 0 aliphatic carbocycles. The Hall–Kier alpha value is -3.47. The Kier molecular flexibility index (Phi) is 9.91. The summed E-state index contributed by atoms with van der Waals surface area (Å²) in [6.45, 7) is 4.77. The van der Waals surface area contributed by atoms with Crippen LogP contribution >= 0.6 is 7.60 Å². The van der Waals surface area contributed by atoms with E-state index in [1.165, 1.54) is 10.6 Å². The number of rotatable bonds is 13. The second-order valence-electron chi connectivity index (χ2n) is 9.94. The number of benzene rings is 3. The number of likely N-dealkylation sites (N-methyl/N-ethyl adjacent to an activating group) is 1. The minimum atomic E-state index is -3.60. The predicted octanol–water partition coefficient (Wildman–Crippen LogP) is 4.84. The summed E-state index contributed by atoms with van der Waals surface area (Å²) in [5, 5.41) is 6.64. The molecule has 0 unspecified atom stereocenters. The van der Waals surface area contributed by atoms with E-state index in [0.29, 0.717) is 52.3 Å². The maximum Gasteiger partial charge on any atom is 0.361 e. The van der Waals surface area contributed by atoms with E-state index in [1.54, 1.807) is 56.3 Å². The van der Waals surface area contributed by atoms with Gasteiger partial charge in [-0.15, -0.1) is 0 Å². The molecule has 0 bridgehead atoms. The highest BCUT2D eigenvalue weighted by molar-refractivity contribution is 7.92. The first-order valence-corrected chi connectivity index (χ1v) is 17.0. The van der Waals surface area contributed by atoms with Crippen LogP contribution in [0.5, 0.6) is 0 Å². The monoisotopic (exact) mass is 612 g/mol. The molecule has 1 heterocycles.